The van der Waals surface area contributed by atoms with Crippen molar-refractivity contribution in [3.8, 4) is 0 Å². The zero-order chi connectivity index (χ0) is 13.9. The number of hydrogen-bond donors (Lipinski definition) is 1. The number of rotatable bonds is 2. The van der Waals surface area contributed by atoms with Gasteiger partial charge in [0.05, 0.1) is 5.69 Å². The average Bonchev–Trinajstić information content (AvgIpc) is 2.65. The molecule has 3 heteroatoms. The third kappa shape index (κ3) is 2.38. The second-order valence-corrected chi connectivity index (χ2v) is 4.70. The summed E-state index contributed by atoms with van der Waals surface area (Å²) in [5.74, 6) is 0.464. The van der Waals surface area contributed by atoms with E-state index in [9.17, 15) is 4.79 Å². The lowest BCUT2D eigenvalue weighted by atomic mass is 9.98. The Morgan fingerprint density at radius 1 is 1.00 bits per heavy atom. The number of carbonyl (C=O) groups excluding carboxylic acids is 1. The third-order valence-electron chi connectivity index (χ3n) is 3.23. The van der Waals surface area contributed by atoms with Crippen LogP contribution in [-0.2, 0) is 0 Å². The van der Waals surface area contributed by atoms with Crippen LogP contribution in [0, 0.1) is 0 Å². The van der Waals surface area contributed by atoms with Crippen LogP contribution >= 0.6 is 0 Å². The monoisotopic (exact) mass is 262 g/mol. The van der Waals surface area contributed by atoms with Crippen LogP contribution in [0.3, 0.4) is 0 Å². The number of carbonyl (C=O) groups is 1. The smallest absolute Gasteiger partial charge is 0.189 e. The first-order valence-electron chi connectivity index (χ1n) is 6.46. The molecule has 0 radical (unpaired) electrons. The van der Waals surface area contributed by atoms with E-state index < -0.39 is 0 Å². The fourth-order valence-corrected chi connectivity index (χ4v) is 2.26. The van der Waals surface area contributed by atoms with Gasteiger partial charge in [-0.15, -0.1) is 0 Å². The van der Waals surface area contributed by atoms with Crippen molar-refractivity contribution in [3.05, 3.63) is 71.3 Å². The molecule has 98 valence electrons. The second-order valence-electron chi connectivity index (χ2n) is 4.70. The Morgan fingerprint density at radius 2 is 1.70 bits per heavy atom. The molecule has 0 saturated heterocycles. The lowest BCUT2D eigenvalue weighted by molar-refractivity contribution is 0.103. The molecule has 0 aromatic heterocycles. The van der Waals surface area contributed by atoms with E-state index in [0.29, 0.717) is 23.4 Å². The van der Waals surface area contributed by atoms with Gasteiger partial charge in [-0.2, -0.15) is 0 Å². The standard InChI is InChI=1S/C17H14N2O/c18-16-11-14(17(20)12-6-2-1-3-7-12)10-13-8-4-5-9-15(13)19-16/h1-10H,11H2,(H2,18,19). The minimum Gasteiger partial charge on any atom is -0.387 e. The van der Waals surface area contributed by atoms with Gasteiger partial charge in [0.1, 0.15) is 5.84 Å². The largest absolute Gasteiger partial charge is 0.387 e. The van der Waals surface area contributed by atoms with E-state index in [1.807, 2.05) is 60.7 Å². The van der Waals surface area contributed by atoms with Crippen molar-refractivity contribution < 1.29 is 4.79 Å². The van der Waals surface area contributed by atoms with E-state index in [4.69, 9.17) is 5.73 Å². The fourth-order valence-electron chi connectivity index (χ4n) is 2.26. The van der Waals surface area contributed by atoms with E-state index in [1.165, 1.54) is 0 Å². The predicted octanol–water partition coefficient (Wildman–Crippen LogP) is 3.35. The highest BCUT2D eigenvalue weighted by atomic mass is 16.1. The topological polar surface area (TPSA) is 55.4 Å². The van der Waals surface area contributed by atoms with Crippen LogP contribution in [0.5, 0.6) is 0 Å². The van der Waals surface area contributed by atoms with Crippen LogP contribution in [0.1, 0.15) is 22.3 Å². The lowest BCUT2D eigenvalue weighted by Crippen LogP contribution is -2.15. The van der Waals surface area contributed by atoms with Gasteiger partial charge in [0.25, 0.3) is 0 Å². The number of ketones is 1. The summed E-state index contributed by atoms with van der Waals surface area (Å²) in [6, 6.07) is 16.9. The summed E-state index contributed by atoms with van der Waals surface area (Å²) in [6.07, 6.45) is 2.26. The number of aliphatic imine (C=N–C) groups is 1. The molecule has 0 spiro atoms. The Kier molecular flexibility index (Phi) is 3.17. The first kappa shape index (κ1) is 12.4. The number of benzene rings is 2. The maximum absolute atomic E-state index is 12.5. The van der Waals surface area contributed by atoms with E-state index >= 15 is 0 Å². The number of Topliss-reactive ketones (excluding diaryl/α,β-unsaturated/α-hetero) is 1. The van der Waals surface area contributed by atoms with Crippen LogP contribution in [0.15, 0.2) is 65.2 Å². The Balaban J connectivity index is 2.05. The summed E-state index contributed by atoms with van der Waals surface area (Å²) in [5, 5.41) is 0. The predicted molar refractivity (Wildman–Crippen MR) is 81.1 cm³/mol. The van der Waals surface area contributed by atoms with Gasteiger partial charge in [0.2, 0.25) is 0 Å². The first-order chi connectivity index (χ1) is 9.74. The molecule has 1 heterocycles. The van der Waals surface area contributed by atoms with Gasteiger partial charge < -0.3 is 5.73 Å². The molecule has 0 amide bonds. The zero-order valence-corrected chi connectivity index (χ0v) is 10.9. The Bertz CT molecular complexity index is 715. The molecule has 3 nitrogen and oxygen atoms in total. The summed E-state index contributed by atoms with van der Waals surface area (Å²) in [4.78, 5) is 16.9. The molecule has 2 aromatic rings. The molecule has 1 aliphatic rings. The van der Waals surface area contributed by atoms with Crippen molar-refractivity contribution in [1.82, 2.24) is 0 Å². The molecule has 2 N–H and O–H groups in total. The number of amidine groups is 1. The Hall–Kier alpha value is -2.68. The van der Waals surface area contributed by atoms with E-state index in [1.54, 1.807) is 0 Å². The van der Waals surface area contributed by atoms with Crippen molar-refractivity contribution in [2.75, 3.05) is 0 Å². The molecule has 0 aliphatic carbocycles. The summed E-state index contributed by atoms with van der Waals surface area (Å²) in [6.45, 7) is 0. The van der Waals surface area contributed by atoms with Gasteiger partial charge >= 0.3 is 0 Å². The molecule has 0 bridgehead atoms. The SMILES string of the molecule is NC1=Nc2ccccc2C=C(C(=O)c2ccccc2)C1. The van der Waals surface area contributed by atoms with E-state index in [0.717, 1.165) is 11.3 Å². The Labute approximate surface area is 117 Å². The number of hydrogen-bond acceptors (Lipinski definition) is 3. The molecule has 1 aliphatic heterocycles. The molecular formula is C17H14N2O. The molecule has 0 fully saturated rings. The van der Waals surface area contributed by atoms with Gasteiger partial charge in [0.15, 0.2) is 5.78 Å². The van der Waals surface area contributed by atoms with E-state index in [-0.39, 0.29) is 5.78 Å². The minimum absolute atomic E-state index is 0.000420. The van der Waals surface area contributed by atoms with Crippen molar-refractivity contribution >= 4 is 23.4 Å². The number of nitrogens with two attached hydrogens (primary N) is 1. The van der Waals surface area contributed by atoms with Gasteiger partial charge in [-0.3, -0.25) is 4.79 Å². The van der Waals surface area contributed by atoms with Gasteiger partial charge in [-0.1, -0.05) is 48.5 Å². The number of nitrogens with zero attached hydrogens (tertiary/aromatic N) is 1. The highest BCUT2D eigenvalue weighted by molar-refractivity contribution is 6.14. The molecule has 3 rings (SSSR count). The molecular weight excluding hydrogens is 248 g/mol. The number of para-hydroxylation sites is 1. The average molecular weight is 262 g/mol. The summed E-state index contributed by atoms with van der Waals surface area (Å²) in [5.41, 5.74) is 8.98. The summed E-state index contributed by atoms with van der Waals surface area (Å²) < 4.78 is 0. The Morgan fingerprint density at radius 3 is 2.50 bits per heavy atom. The van der Waals surface area contributed by atoms with Crippen LogP contribution in [0.25, 0.3) is 6.08 Å². The fraction of sp³-hybridized carbons (Fsp3) is 0.0588. The van der Waals surface area contributed by atoms with Gasteiger partial charge in [0, 0.05) is 23.1 Å². The highest BCUT2D eigenvalue weighted by Crippen LogP contribution is 2.27. The zero-order valence-electron chi connectivity index (χ0n) is 10.9. The van der Waals surface area contributed by atoms with Crippen LogP contribution in [0.2, 0.25) is 0 Å². The normalized spacial score (nSPS) is 13.8. The van der Waals surface area contributed by atoms with Crippen LogP contribution < -0.4 is 5.73 Å². The van der Waals surface area contributed by atoms with Gasteiger partial charge in [-0.05, 0) is 12.1 Å². The number of fused-ring (bicyclic) bond motifs is 1. The van der Waals surface area contributed by atoms with Crippen molar-refractivity contribution in [2.45, 2.75) is 6.42 Å². The molecule has 20 heavy (non-hydrogen) atoms. The maximum Gasteiger partial charge on any atom is 0.189 e. The quantitative estimate of drug-likeness (QED) is 0.844. The summed E-state index contributed by atoms with van der Waals surface area (Å²) >= 11 is 0. The van der Waals surface area contributed by atoms with Gasteiger partial charge in [-0.25, -0.2) is 4.99 Å². The van der Waals surface area contributed by atoms with Crippen molar-refractivity contribution in [1.29, 1.82) is 0 Å². The van der Waals surface area contributed by atoms with Crippen molar-refractivity contribution in [3.63, 3.8) is 0 Å². The third-order valence-corrected chi connectivity index (χ3v) is 3.23. The van der Waals surface area contributed by atoms with Crippen LogP contribution in [-0.4, -0.2) is 11.6 Å². The second kappa shape index (κ2) is 5.13. The molecule has 0 saturated carbocycles. The van der Waals surface area contributed by atoms with Crippen LogP contribution in [0.4, 0.5) is 5.69 Å². The molecule has 2 aromatic carbocycles. The highest BCUT2D eigenvalue weighted by Gasteiger charge is 2.16. The molecule has 0 unspecified atom stereocenters. The minimum atomic E-state index is 0.000420. The molecule has 0 atom stereocenters. The van der Waals surface area contributed by atoms with E-state index in [2.05, 4.69) is 4.99 Å². The maximum atomic E-state index is 12.5. The lowest BCUT2D eigenvalue weighted by Gasteiger charge is -2.04. The summed E-state index contributed by atoms with van der Waals surface area (Å²) in [7, 11) is 0. The first-order valence-corrected chi connectivity index (χ1v) is 6.46. The van der Waals surface area contributed by atoms with Crippen molar-refractivity contribution in [2.24, 2.45) is 10.7 Å².